The van der Waals surface area contributed by atoms with Gasteiger partial charge in [-0.05, 0) is 76.7 Å². The highest BCUT2D eigenvalue weighted by Crippen LogP contribution is 2.40. The Bertz CT molecular complexity index is 685. The Morgan fingerprint density at radius 2 is 1.44 bits per heavy atom. The number of nitrogens with zero attached hydrogens (tertiary/aromatic N) is 1. The number of hydrogen-bond acceptors (Lipinski definition) is 1. The highest BCUT2D eigenvalue weighted by atomic mass is 15.2. The summed E-state index contributed by atoms with van der Waals surface area (Å²) in [6, 6.07) is 16.4. The van der Waals surface area contributed by atoms with Gasteiger partial charge in [0.05, 0.1) is 0 Å². The molecule has 134 valence electrons. The van der Waals surface area contributed by atoms with Crippen molar-refractivity contribution in [2.24, 2.45) is 0 Å². The van der Waals surface area contributed by atoms with E-state index in [9.17, 15) is 0 Å². The quantitative estimate of drug-likeness (QED) is 0.660. The smallest absolute Gasteiger partial charge is 0.0269 e. The number of hydrogen-bond donors (Lipinski definition) is 0. The minimum atomic E-state index is 0.116. The van der Waals surface area contributed by atoms with E-state index in [1.807, 2.05) is 0 Å². The van der Waals surface area contributed by atoms with Crippen LogP contribution in [-0.2, 0) is 6.42 Å². The molecule has 0 aliphatic carbocycles. The van der Waals surface area contributed by atoms with Crippen molar-refractivity contribution in [2.75, 3.05) is 13.1 Å². The molecule has 1 unspecified atom stereocenters. The molecule has 1 heterocycles. The molecule has 1 saturated heterocycles. The molecule has 1 nitrogen and oxygen atoms in total. The van der Waals surface area contributed by atoms with Crippen LogP contribution >= 0.6 is 0 Å². The number of rotatable bonds is 5. The van der Waals surface area contributed by atoms with Gasteiger partial charge in [-0.25, -0.2) is 0 Å². The van der Waals surface area contributed by atoms with E-state index in [4.69, 9.17) is 0 Å². The minimum Gasteiger partial charge on any atom is -0.297 e. The summed E-state index contributed by atoms with van der Waals surface area (Å²) in [6.07, 6.45) is 3.76. The Kier molecular flexibility index (Phi) is 5.34. The van der Waals surface area contributed by atoms with Crippen LogP contribution in [-0.4, -0.2) is 23.5 Å². The average molecular weight is 336 g/mol. The van der Waals surface area contributed by atoms with E-state index >= 15 is 0 Å². The molecular formula is C24H33N. The Balaban J connectivity index is 2.09. The van der Waals surface area contributed by atoms with E-state index in [1.165, 1.54) is 53.7 Å². The number of benzene rings is 2. The lowest BCUT2D eigenvalue weighted by Crippen LogP contribution is -2.47. The fourth-order valence-corrected chi connectivity index (χ4v) is 4.61. The summed E-state index contributed by atoms with van der Waals surface area (Å²) >= 11 is 0. The fraction of sp³-hybridized carbons (Fsp3) is 0.500. The van der Waals surface area contributed by atoms with Gasteiger partial charge < -0.3 is 0 Å². The Hall–Kier alpha value is -1.60. The lowest BCUT2D eigenvalue weighted by atomic mass is 9.75. The zero-order valence-electron chi connectivity index (χ0n) is 16.6. The molecule has 1 aliphatic rings. The lowest BCUT2D eigenvalue weighted by molar-refractivity contribution is 0.136. The Labute approximate surface area is 154 Å². The third-order valence-corrected chi connectivity index (χ3v) is 5.93. The molecule has 0 bridgehead atoms. The predicted octanol–water partition coefficient (Wildman–Crippen LogP) is 5.87. The zero-order valence-corrected chi connectivity index (χ0v) is 16.6. The van der Waals surface area contributed by atoms with Gasteiger partial charge in [0, 0.05) is 11.5 Å². The molecule has 0 N–H and O–H groups in total. The van der Waals surface area contributed by atoms with Crippen molar-refractivity contribution in [3.8, 4) is 0 Å². The van der Waals surface area contributed by atoms with E-state index in [2.05, 4.69) is 82.0 Å². The minimum absolute atomic E-state index is 0.116. The number of likely N-dealkylation sites (tertiary alicyclic amines) is 1. The van der Waals surface area contributed by atoms with Crippen LogP contribution in [0, 0.1) is 13.8 Å². The summed E-state index contributed by atoms with van der Waals surface area (Å²) in [5.41, 5.74) is 7.16. The molecular weight excluding hydrogens is 302 g/mol. The summed E-state index contributed by atoms with van der Waals surface area (Å²) in [6.45, 7) is 14.0. The number of aryl methyl sites for hydroxylation is 3. The van der Waals surface area contributed by atoms with Crippen molar-refractivity contribution in [3.05, 3.63) is 70.3 Å². The molecule has 0 aromatic heterocycles. The van der Waals surface area contributed by atoms with Gasteiger partial charge in [0.15, 0.2) is 0 Å². The first-order chi connectivity index (χ1) is 11.9. The summed E-state index contributed by atoms with van der Waals surface area (Å²) in [4.78, 5) is 2.70. The van der Waals surface area contributed by atoms with Crippen LogP contribution in [0.4, 0.5) is 0 Å². The average Bonchev–Trinajstić information content (AvgIpc) is 3.10. The maximum atomic E-state index is 2.70. The Morgan fingerprint density at radius 3 is 1.96 bits per heavy atom. The van der Waals surface area contributed by atoms with Crippen molar-refractivity contribution in [1.82, 2.24) is 4.90 Å². The second-order valence-electron chi connectivity index (χ2n) is 8.30. The molecule has 0 saturated carbocycles. The SMILES string of the molecule is CCc1ccc(C(c2cc(C)cc(C)c2)C(C)(C)N2CCCC2)cc1. The van der Waals surface area contributed by atoms with Crippen LogP contribution in [0.2, 0.25) is 0 Å². The van der Waals surface area contributed by atoms with Gasteiger partial charge >= 0.3 is 0 Å². The van der Waals surface area contributed by atoms with Crippen LogP contribution in [0.3, 0.4) is 0 Å². The van der Waals surface area contributed by atoms with Crippen molar-refractivity contribution >= 4 is 0 Å². The summed E-state index contributed by atoms with van der Waals surface area (Å²) in [5.74, 6) is 0.398. The lowest BCUT2D eigenvalue weighted by Gasteiger charge is -2.43. The van der Waals surface area contributed by atoms with Crippen LogP contribution in [0.1, 0.15) is 67.3 Å². The van der Waals surface area contributed by atoms with E-state index in [0.717, 1.165) is 6.42 Å². The summed E-state index contributed by atoms with van der Waals surface area (Å²) in [5, 5.41) is 0. The van der Waals surface area contributed by atoms with Crippen molar-refractivity contribution in [1.29, 1.82) is 0 Å². The fourth-order valence-electron chi connectivity index (χ4n) is 4.61. The molecule has 1 heteroatoms. The normalized spacial score (nSPS) is 17.0. The first-order valence-electron chi connectivity index (χ1n) is 9.84. The van der Waals surface area contributed by atoms with Crippen molar-refractivity contribution < 1.29 is 0 Å². The summed E-state index contributed by atoms with van der Waals surface area (Å²) < 4.78 is 0. The van der Waals surface area contributed by atoms with Gasteiger partial charge in [-0.15, -0.1) is 0 Å². The first kappa shape index (κ1) is 18.2. The zero-order chi connectivity index (χ0) is 18.0. The maximum Gasteiger partial charge on any atom is 0.0269 e. The molecule has 3 rings (SSSR count). The van der Waals surface area contributed by atoms with Gasteiger partial charge in [0.1, 0.15) is 0 Å². The molecule has 0 spiro atoms. The van der Waals surface area contributed by atoms with Gasteiger partial charge in [-0.3, -0.25) is 4.90 Å². The van der Waals surface area contributed by atoms with Crippen LogP contribution < -0.4 is 0 Å². The summed E-state index contributed by atoms with van der Waals surface area (Å²) in [7, 11) is 0. The van der Waals surface area contributed by atoms with Gasteiger partial charge in [0.2, 0.25) is 0 Å². The van der Waals surface area contributed by atoms with Crippen LogP contribution in [0.25, 0.3) is 0 Å². The molecule has 25 heavy (non-hydrogen) atoms. The predicted molar refractivity (Wildman–Crippen MR) is 108 cm³/mol. The van der Waals surface area contributed by atoms with E-state index < -0.39 is 0 Å². The third kappa shape index (κ3) is 3.82. The third-order valence-electron chi connectivity index (χ3n) is 5.93. The molecule has 2 aromatic rings. The van der Waals surface area contributed by atoms with Crippen molar-refractivity contribution in [2.45, 2.75) is 65.3 Å². The van der Waals surface area contributed by atoms with Crippen LogP contribution in [0.15, 0.2) is 42.5 Å². The molecule has 0 radical (unpaired) electrons. The van der Waals surface area contributed by atoms with E-state index in [1.54, 1.807) is 0 Å². The second-order valence-corrected chi connectivity index (χ2v) is 8.30. The molecule has 1 fully saturated rings. The first-order valence-corrected chi connectivity index (χ1v) is 9.84. The van der Waals surface area contributed by atoms with Crippen molar-refractivity contribution in [3.63, 3.8) is 0 Å². The van der Waals surface area contributed by atoms with Gasteiger partial charge in [-0.1, -0.05) is 60.5 Å². The highest BCUT2D eigenvalue weighted by Gasteiger charge is 2.38. The monoisotopic (exact) mass is 335 g/mol. The van der Waals surface area contributed by atoms with E-state index in [-0.39, 0.29) is 5.54 Å². The molecule has 1 atom stereocenters. The standard InChI is InChI=1S/C24H33N/c1-6-20-9-11-21(12-10-20)23(22-16-18(2)15-19(3)17-22)24(4,5)25-13-7-8-14-25/h9-12,15-17,23H,6-8,13-14H2,1-5H3. The van der Waals surface area contributed by atoms with Gasteiger partial charge in [-0.2, -0.15) is 0 Å². The van der Waals surface area contributed by atoms with Crippen LogP contribution in [0.5, 0.6) is 0 Å². The largest absolute Gasteiger partial charge is 0.297 e. The molecule has 0 amide bonds. The molecule has 1 aliphatic heterocycles. The molecule has 2 aromatic carbocycles. The maximum absolute atomic E-state index is 2.70. The topological polar surface area (TPSA) is 3.24 Å². The van der Waals surface area contributed by atoms with Gasteiger partial charge in [0.25, 0.3) is 0 Å². The second kappa shape index (κ2) is 7.33. The Morgan fingerprint density at radius 1 is 0.880 bits per heavy atom. The van der Waals surface area contributed by atoms with E-state index in [0.29, 0.717) is 5.92 Å². The highest BCUT2D eigenvalue weighted by molar-refractivity contribution is 5.41.